The molecule has 1 aromatic rings. The van der Waals surface area contributed by atoms with Crippen molar-refractivity contribution in [3.05, 3.63) is 42.0 Å². The number of halogens is 17. The van der Waals surface area contributed by atoms with Crippen LogP contribution in [-0.4, -0.2) is 98.6 Å². The van der Waals surface area contributed by atoms with Gasteiger partial charge in [-0.15, -0.1) is 0 Å². The molecule has 0 unspecified atom stereocenters. The van der Waals surface area contributed by atoms with Crippen molar-refractivity contribution in [3.8, 4) is 5.75 Å². The molecule has 0 fully saturated rings. The molecule has 0 bridgehead atoms. The highest BCUT2D eigenvalue weighted by Gasteiger charge is 2.95. The van der Waals surface area contributed by atoms with Crippen molar-refractivity contribution >= 4 is 14.2 Å². The molecule has 25 heteroatoms. The van der Waals surface area contributed by atoms with Crippen LogP contribution in [0.15, 0.2) is 36.4 Å². The summed E-state index contributed by atoms with van der Waals surface area (Å²) in [7, 11) is -2.77. The van der Waals surface area contributed by atoms with Gasteiger partial charge in [0.05, 0.1) is 6.61 Å². The van der Waals surface area contributed by atoms with Crippen LogP contribution >= 0.6 is 0 Å². The quantitative estimate of drug-likeness (QED) is 0.0285. The van der Waals surface area contributed by atoms with Gasteiger partial charge < -0.3 is 19.0 Å². The van der Waals surface area contributed by atoms with E-state index in [9.17, 15) is 84.5 Å². The van der Waals surface area contributed by atoms with E-state index >= 15 is 0 Å². The first-order valence-corrected chi connectivity index (χ1v) is 17.8. The van der Waals surface area contributed by atoms with Crippen LogP contribution in [0.3, 0.4) is 0 Å². The van der Waals surface area contributed by atoms with Crippen LogP contribution in [-0.2, 0) is 14.0 Å². The first-order valence-electron chi connectivity index (χ1n) is 15.5. The van der Waals surface area contributed by atoms with Gasteiger partial charge in [0, 0.05) is 19.6 Å². The van der Waals surface area contributed by atoms with Crippen molar-refractivity contribution in [1.82, 2.24) is 5.48 Å². The van der Waals surface area contributed by atoms with Crippen LogP contribution in [0, 0.1) is 0 Å². The normalized spacial score (nSPS) is 15.9. The van der Waals surface area contributed by atoms with Gasteiger partial charge in [0.2, 0.25) is 0 Å². The number of nitrogens with one attached hydrogen (secondary N) is 1. The lowest BCUT2D eigenvalue weighted by atomic mass is 9.88. The molecule has 0 saturated carbocycles. The smallest absolute Gasteiger partial charge is 0.460 e. The third kappa shape index (κ3) is 9.46. The Morgan fingerprint density at radius 1 is 0.727 bits per heavy atom. The van der Waals surface area contributed by atoms with Crippen LogP contribution in [0.4, 0.5) is 74.6 Å². The molecule has 55 heavy (non-hydrogen) atoms. The average molecular weight is 858 g/mol. The summed E-state index contributed by atoms with van der Waals surface area (Å²) < 4.78 is 250. The second kappa shape index (κ2) is 17.3. The Kier molecular flexibility index (Phi) is 15.8. The molecule has 1 rings (SSSR count). The Labute approximate surface area is 302 Å². The summed E-state index contributed by atoms with van der Waals surface area (Å²) in [6.45, 7) is 4.27. The Bertz CT molecular complexity index is 1430. The van der Waals surface area contributed by atoms with Crippen LogP contribution in [0.5, 0.6) is 5.75 Å². The first-order chi connectivity index (χ1) is 24.6. The van der Waals surface area contributed by atoms with Crippen molar-refractivity contribution in [2.75, 3.05) is 20.3 Å². The lowest BCUT2D eigenvalue weighted by Gasteiger charge is -2.44. The van der Waals surface area contributed by atoms with E-state index in [-0.39, 0.29) is 11.3 Å². The molecule has 0 aliphatic heterocycles. The number of benzene rings is 1. The van der Waals surface area contributed by atoms with Crippen LogP contribution in [0.1, 0.15) is 45.8 Å². The van der Waals surface area contributed by atoms with Gasteiger partial charge in [0.25, 0.3) is 5.91 Å². The van der Waals surface area contributed by atoms with E-state index < -0.39 is 111 Å². The fourth-order valence-corrected chi connectivity index (χ4v) is 9.70. The van der Waals surface area contributed by atoms with E-state index in [1.54, 1.807) is 0 Å². The van der Waals surface area contributed by atoms with Gasteiger partial charge in [-0.1, -0.05) is 39.8 Å². The van der Waals surface area contributed by atoms with Gasteiger partial charge in [0.15, 0.2) is 8.32 Å². The van der Waals surface area contributed by atoms with E-state index in [4.69, 9.17) is 19.1 Å². The van der Waals surface area contributed by atoms with Crippen molar-refractivity contribution in [2.45, 2.75) is 111 Å². The minimum atomic E-state index is -8.69. The molecular formula is C30H36F17NO6Si. The summed E-state index contributed by atoms with van der Waals surface area (Å²) in [6, 6.07) is 3.98. The number of hydrogen-bond acceptors (Lipinski definition) is 6. The predicted octanol–water partition coefficient (Wildman–Crippen LogP) is 9.36. The number of methoxy groups -OCH3 is 1. The highest BCUT2D eigenvalue weighted by atomic mass is 28.4. The number of hydrogen-bond donors (Lipinski definition) is 3. The van der Waals surface area contributed by atoms with E-state index in [0.717, 1.165) is 12.2 Å². The van der Waals surface area contributed by atoms with Crippen molar-refractivity contribution in [2.24, 2.45) is 0 Å². The molecule has 3 N–H and O–H groups in total. The number of amides is 1. The largest absolute Gasteiger partial charge is 0.491 e. The molecule has 0 aliphatic rings. The molecule has 7 nitrogen and oxygen atoms in total. The monoisotopic (exact) mass is 857 g/mol. The molecule has 0 radical (unpaired) electrons. The summed E-state index contributed by atoms with van der Waals surface area (Å²) in [5, 5.41) is 19.0. The maximum Gasteiger partial charge on any atom is 0.460 e. The van der Waals surface area contributed by atoms with Crippen LogP contribution in [0.2, 0.25) is 17.1 Å². The Morgan fingerprint density at radius 3 is 1.56 bits per heavy atom. The minimum absolute atomic E-state index is 0.0924. The zero-order chi connectivity index (χ0) is 43.4. The molecule has 0 heterocycles. The molecular weight excluding hydrogens is 821 g/mol. The number of carbonyl (C=O) groups is 1. The topological polar surface area (TPSA) is 97.3 Å². The number of alkyl halides is 17. The molecule has 320 valence electrons. The second-order valence-corrected chi connectivity index (χ2v) is 17.7. The second-order valence-electron chi connectivity index (χ2n) is 12.7. The number of aliphatic hydroxyl groups excluding tert-OH is 1. The SMILES string of the molecule is CO[C@H](/C=C/C(=O)NO)[C@H](O)c1ccc(OCCO[Si](CCC(F)(F)C(F)(F)C(F)(F)C(F)(F)C(F)(F)C(F)(F)C(F)(F)C(F)(F)F)(C(C)C)C(C)C)cc1. The Morgan fingerprint density at radius 2 is 1.16 bits per heavy atom. The van der Waals surface area contributed by atoms with E-state index in [1.165, 1.54) is 64.6 Å². The van der Waals surface area contributed by atoms with Crippen molar-refractivity contribution < 1.29 is 104 Å². The van der Waals surface area contributed by atoms with Crippen molar-refractivity contribution in [3.63, 3.8) is 0 Å². The molecule has 0 aromatic heterocycles. The number of rotatable bonds is 21. The van der Waals surface area contributed by atoms with Gasteiger partial charge in [-0.25, -0.2) is 5.48 Å². The molecule has 0 aliphatic carbocycles. The summed E-state index contributed by atoms with van der Waals surface area (Å²) in [4.78, 5) is 11.2. The highest BCUT2D eigenvalue weighted by molar-refractivity contribution is 6.76. The van der Waals surface area contributed by atoms with E-state index in [2.05, 4.69) is 0 Å². The van der Waals surface area contributed by atoms with E-state index in [1.807, 2.05) is 0 Å². The molecule has 1 aromatic carbocycles. The number of aliphatic hydroxyl groups is 1. The average Bonchev–Trinajstić information content (AvgIpc) is 3.06. The van der Waals surface area contributed by atoms with Gasteiger partial charge in [-0.2, -0.15) is 74.6 Å². The third-order valence-corrected chi connectivity index (χ3v) is 14.3. The number of hydroxylamine groups is 1. The molecule has 0 saturated heterocycles. The molecule has 1 amide bonds. The number of carbonyl (C=O) groups excluding carboxylic acids is 1. The zero-order valence-corrected chi connectivity index (χ0v) is 30.1. The van der Waals surface area contributed by atoms with Crippen molar-refractivity contribution in [1.29, 1.82) is 0 Å². The summed E-state index contributed by atoms with van der Waals surface area (Å²) in [5.74, 6) is -57.6. The van der Waals surface area contributed by atoms with Gasteiger partial charge in [0.1, 0.15) is 24.6 Å². The summed E-state index contributed by atoms with van der Waals surface area (Å²) >= 11 is 0. The standard InChI is InChI=1S/C30H36F17NO6Si/c1-16(2)55(17(3)4,54-14-13-53-19-8-6-18(7-9-19)22(50)20(52-5)10-11-21(49)48-51)15-12-23(31,32)24(33,34)25(35,36)26(37,38)27(39,40)28(41,42)29(43,44)30(45,46)47/h6-11,16-17,20,22,50-51H,12-15H2,1-5H3,(H,48,49)/b11-10+/t20-,22-/m1/s1. The minimum Gasteiger partial charge on any atom is -0.491 e. The van der Waals surface area contributed by atoms with Crippen LogP contribution in [0.25, 0.3) is 0 Å². The Balaban J connectivity index is 3.24. The fourth-order valence-electron chi connectivity index (χ4n) is 5.23. The van der Waals surface area contributed by atoms with E-state index in [0.29, 0.717) is 0 Å². The maximum absolute atomic E-state index is 14.8. The Hall–Kier alpha value is -2.90. The van der Waals surface area contributed by atoms with Gasteiger partial charge >= 0.3 is 47.6 Å². The molecule has 2 atom stereocenters. The summed E-state index contributed by atoms with van der Waals surface area (Å²) in [5.41, 5.74) is -0.194. The fraction of sp³-hybridized carbons (Fsp3) is 0.700. The first kappa shape index (κ1) is 50.1. The lowest BCUT2D eigenvalue weighted by Crippen LogP contribution is -2.74. The lowest BCUT2D eigenvalue weighted by molar-refractivity contribution is -0.461. The van der Waals surface area contributed by atoms with Gasteiger partial charge in [-0.05, 0) is 40.9 Å². The summed E-state index contributed by atoms with van der Waals surface area (Å²) in [6.07, 6.45) is -10.8. The molecule has 0 spiro atoms. The predicted molar refractivity (Wildman–Crippen MR) is 159 cm³/mol. The third-order valence-electron chi connectivity index (χ3n) is 8.65. The zero-order valence-electron chi connectivity index (χ0n) is 29.1. The van der Waals surface area contributed by atoms with Crippen LogP contribution < -0.4 is 10.2 Å². The van der Waals surface area contributed by atoms with Gasteiger partial charge in [-0.3, -0.25) is 10.0 Å². The maximum atomic E-state index is 14.8. The number of ether oxygens (including phenoxy) is 2. The highest BCUT2D eigenvalue weighted by Crippen LogP contribution is 2.64.